The number of ether oxygens (including phenoxy) is 2. The molecule has 0 spiro atoms. The SMILES string of the molecule is CCOC(=O)COC(=O)Nc1ccc2cc(-c3c[nH]c4ccccc34)c(=O)[nH]c2c1. The van der Waals surface area contributed by atoms with E-state index in [9.17, 15) is 14.4 Å². The Morgan fingerprint density at radius 2 is 1.83 bits per heavy atom. The van der Waals surface area contributed by atoms with Crippen LogP contribution in [0.4, 0.5) is 10.5 Å². The Morgan fingerprint density at radius 1 is 1.00 bits per heavy atom. The Balaban J connectivity index is 1.58. The molecule has 4 aromatic rings. The number of fused-ring (bicyclic) bond motifs is 2. The molecule has 4 rings (SSSR count). The zero-order valence-corrected chi connectivity index (χ0v) is 16.2. The molecule has 0 unspecified atom stereocenters. The molecule has 2 heterocycles. The summed E-state index contributed by atoms with van der Waals surface area (Å²) in [6.07, 6.45) is 1.02. The molecule has 1 amide bonds. The Morgan fingerprint density at radius 3 is 2.67 bits per heavy atom. The van der Waals surface area contributed by atoms with Crippen molar-refractivity contribution in [2.45, 2.75) is 6.92 Å². The van der Waals surface area contributed by atoms with Gasteiger partial charge >= 0.3 is 12.1 Å². The minimum atomic E-state index is -0.792. The third-order valence-electron chi connectivity index (χ3n) is 4.60. The molecular weight excluding hydrogens is 386 g/mol. The highest BCUT2D eigenvalue weighted by molar-refractivity contribution is 5.98. The number of para-hydroxylation sites is 1. The molecule has 0 saturated heterocycles. The van der Waals surface area contributed by atoms with Crippen molar-refractivity contribution in [2.75, 3.05) is 18.5 Å². The maximum atomic E-state index is 12.7. The first-order valence-electron chi connectivity index (χ1n) is 9.38. The standard InChI is InChI=1S/C22H19N3O5/c1-2-29-20(26)12-30-22(28)24-14-8-7-13-9-16(21(27)25-19(13)10-14)17-11-23-18-6-4-3-5-15(17)18/h3-11,23H,2,12H2,1H3,(H,24,28)(H,25,27). The second-order valence-corrected chi connectivity index (χ2v) is 6.57. The summed E-state index contributed by atoms with van der Waals surface area (Å²) in [5, 5.41) is 4.29. The van der Waals surface area contributed by atoms with Gasteiger partial charge in [0, 0.05) is 33.9 Å². The number of aromatic amines is 2. The smallest absolute Gasteiger partial charge is 0.412 e. The van der Waals surface area contributed by atoms with Gasteiger partial charge in [0.15, 0.2) is 6.61 Å². The summed E-state index contributed by atoms with van der Waals surface area (Å²) in [6, 6.07) is 14.7. The van der Waals surface area contributed by atoms with Gasteiger partial charge in [0.1, 0.15) is 0 Å². The minimum absolute atomic E-state index is 0.211. The van der Waals surface area contributed by atoms with E-state index in [-0.39, 0.29) is 12.2 Å². The van der Waals surface area contributed by atoms with E-state index in [1.807, 2.05) is 36.5 Å². The van der Waals surface area contributed by atoms with Gasteiger partial charge in [-0.3, -0.25) is 10.1 Å². The number of carbonyl (C=O) groups is 2. The fraction of sp³-hybridized carbons (Fsp3) is 0.136. The number of esters is 1. The summed E-state index contributed by atoms with van der Waals surface area (Å²) in [6.45, 7) is 1.40. The molecule has 2 aromatic heterocycles. The molecule has 0 aliphatic rings. The average molecular weight is 405 g/mol. The highest BCUT2D eigenvalue weighted by Crippen LogP contribution is 2.28. The van der Waals surface area contributed by atoms with Crippen LogP contribution in [-0.4, -0.2) is 35.2 Å². The summed E-state index contributed by atoms with van der Waals surface area (Å²) in [7, 11) is 0. The van der Waals surface area contributed by atoms with E-state index in [1.54, 1.807) is 25.1 Å². The lowest BCUT2D eigenvalue weighted by molar-refractivity contribution is -0.146. The van der Waals surface area contributed by atoms with Gasteiger partial charge in [0.2, 0.25) is 0 Å². The second-order valence-electron chi connectivity index (χ2n) is 6.57. The molecule has 0 aliphatic carbocycles. The lowest BCUT2D eigenvalue weighted by Gasteiger charge is -2.08. The third kappa shape index (κ3) is 3.88. The van der Waals surface area contributed by atoms with Crippen LogP contribution < -0.4 is 10.9 Å². The van der Waals surface area contributed by atoms with Crippen LogP contribution in [0.3, 0.4) is 0 Å². The summed E-state index contributed by atoms with van der Waals surface area (Å²) in [4.78, 5) is 41.8. The van der Waals surface area contributed by atoms with Crippen LogP contribution in [0.15, 0.2) is 59.5 Å². The minimum Gasteiger partial charge on any atom is -0.463 e. The molecule has 0 aliphatic heterocycles. The number of hydrogen-bond acceptors (Lipinski definition) is 5. The molecule has 2 aromatic carbocycles. The number of anilines is 1. The molecule has 0 fully saturated rings. The van der Waals surface area contributed by atoms with Crippen molar-refractivity contribution in [1.82, 2.24) is 9.97 Å². The second kappa shape index (κ2) is 8.12. The predicted octanol–water partition coefficient (Wildman–Crippen LogP) is 3.79. The van der Waals surface area contributed by atoms with Crippen LogP contribution in [0.5, 0.6) is 0 Å². The lowest BCUT2D eigenvalue weighted by Crippen LogP contribution is -2.20. The molecule has 8 nitrogen and oxygen atoms in total. The van der Waals surface area contributed by atoms with Gasteiger partial charge in [0.05, 0.1) is 12.1 Å². The van der Waals surface area contributed by atoms with Crippen LogP contribution in [0, 0.1) is 0 Å². The Labute approximate surface area is 170 Å². The lowest BCUT2D eigenvalue weighted by atomic mass is 10.0. The van der Waals surface area contributed by atoms with Crippen LogP contribution in [-0.2, 0) is 14.3 Å². The molecule has 8 heteroatoms. The van der Waals surface area contributed by atoms with Crippen molar-refractivity contribution >= 4 is 39.6 Å². The van der Waals surface area contributed by atoms with Gasteiger partial charge in [-0.1, -0.05) is 24.3 Å². The number of hydrogen-bond donors (Lipinski definition) is 3. The molecule has 0 atom stereocenters. The van der Waals surface area contributed by atoms with E-state index < -0.39 is 18.7 Å². The number of benzene rings is 2. The maximum absolute atomic E-state index is 12.7. The molecule has 152 valence electrons. The van der Waals surface area contributed by atoms with Gasteiger partial charge in [-0.2, -0.15) is 0 Å². The van der Waals surface area contributed by atoms with Gasteiger partial charge in [0.25, 0.3) is 5.56 Å². The van der Waals surface area contributed by atoms with E-state index in [0.717, 1.165) is 21.9 Å². The fourth-order valence-corrected chi connectivity index (χ4v) is 3.25. The molecular formula is C22H19N3O5. The number of H-pyrrole nitrogens is 2. The highest BCUT2D eigenvalue weighted by atomic mass is 16.6. The highest BCUT2D eigenvalue weighted by Gasteiger charge is 2.12. The Hall–Kier alpha value is -4.07. The Bertz CT molecular complexity index is 1310. The molecule has 0 saturated carbocycles. The quantitative estimate of drug-likeness (QED) is 0.437. The van der Waals surface area contributed by atoms with E-state index in [4.69, 9.17) is 9.47 Å². The molecule has 30 heavy (non-hydrogen) atoms. The van der Waals surface area contributed by atoms with Gasteiger partial charge in [-0.15, -0.1) is 0 Å². The number of amides is 1. The zero-order chi connectivity index (χ0) is 21.1. The summed E-state index contributed by atoms with van der Waals surface area (Å²) >= 11 is 0. The van der Waals surface area contributed by atoms with E-state index in [2.05, 4.69) is 15.3 Å². The number of nitrogens with one attached hydrogen (secondary N) is 3. The molecule has 0 bridgehead atoms. The number of rotatable bonds is 5. The number of pyridine rings is 1. The van der Waals surface area contributed by atoms with Crippen LogP contribution in [0.25, 0.3) is 32.9 Å². The van der Waals surface area contributed by atoms with Crippen LogP contribution in [0.2, 0.25) is 0 Å². The summed E-state index contributed by atoms with van der Waals surface area (Å²) in [5.74, 6) is -0.625. The van der Waals surface area contributed by atoms with Crippen LogP contribution >= 0.6 is 0 Å². The number of carbonyl (C=O) groups excluding carboxylic acids is 2. The van der Waals surface area contributed by atoms with E-state index >= 15 is 0 Å². The van der Waals surface area contributed by atoms with Gasteiger partial charge < -0.3 is 19.4 Å². The van der Waals surface area contributed by atoms with E-state index in [0.29, 0.717) is 16.8 Å². The largest absolute Gasteiger partial charge is 0.463 e. The van der Waals surface area contributed by atoms with Crippen LogP contribution in [0.1, 0.15) is 6.92 Å². The third-order valence-corrected chi connectivity index (χ3v) is 4.60. The Kier molecular flexibility index (Phi) is 5.21. The van der Waals surface area contributed by atoms with Crippen molar-refractivity contribution in [3.05, 3.63) is 65.1 Å². The monoisotopic (exact) mass is 405 g/mol. The van der Waals surface area contributed by atoms with Crippen molar-refractivity contribution in [2.24, 2.45) is 0 Å². The fourth-order valence-electron chi connectivity index (χ4n) is 3.25. The zero-order valence-electron chi connectivity index (χ0n) is 16.2. The van der Waals surface area contributed by atoms with Gasteiger partial charge in [-0.25, -0.2) is 9.59 Å². The topological polar surface area (TPSA) is 113 Å². The maximum Gasteiger partial charge on any atom is 0.412 e. The normalized spacial score (nSPS) is 10.8. The molecule has 0 radical (unpaired) electrons. The van der Waals surface area contributed by atoms with Crippen molar-refractivity contribution in [3.8, 4) is 11.1 Å². The van der Waals surface area contributed by atoms with Gasteiger partial charge in [-0.05, 0) is 36.6 Å². The first-order valence-corrected chi connectivity index (χ1v) is 9.38. The van der Waals surface area contributed by atoms with Crippen molar-refractivity contribution in [1.29, 1.82) is 0 Å². The summed E-state index contributed by atoms with van der Waals surface area (Å²) in [5.41, 5.74) is 3.06. The van der Waals surface area contributed by atoms with Crippen molar-refractivity contribution < 1.29 is 19.1 Å². The average Bonchev–Trinajstić information content (AvgIpc) is 3.16. The van der Waals surface area contributed by atoms with Crippen molar-refractivity contribution in [3.63, 3.8) is 0 Å². The first-order chi connectivity index (χ1) is 14.5. The van der Waals surface area contributed by atoms with E-state index in [1.165, 1.54) is 0 Å². The summed E-state index contributed by atoms with van der Waals surface area (Å²) < 4.78 is 9.50. The first kappa shape index (κ1) is 19.3. The molecule has 3 N–H and O–H groups in total. The predicted molar refractivity (Wildman–Crippen MR) is 113 cm³/mol. The number of aromatic nitrogens is 2.